The van der Waals surface area contributed by atoms with E-state index in [9.17, 15) is 18.5 Å². The molecule has 1 fully saturated rings. The molecular formula is C20H23N3O8S. The second kappa shape index (κ2) is 10.8. The molecule has 32 heavy (non-hydrogen) atoms. The molecule has 11 nitrogen and oxygen atoms in total. The number of non-ortho nitro benzene ring substituents is 1. The van der Waals surface area contributed by atoms with Gasteiger partial charge < -0.3 is 10.2 Å². The molecule has 0 aliphatic carbocycles. The smallest absolute Gasteiger partial charge is 0.414 e. The van der Waals surface area contributed by atoms with Gasteiger partial charge in [-0.3, -0.25) is 15.0 Å². The Kier molecular flexibility index (Phi) is 8.41. The van der Waals surface area contributed by atoms with Gasteiger partial charge in [-0.25, -0.2) is 18.0 Å². The number of aryl methyl sites for hydroxylation is 1. The topological polar surface area (TPSA) is 158 Å². The number of sulfonamides is 1. The van der Waals surface area contributed by atoms with Crippen LogP contribution in [0.5, 0.6) is 0 Å². The zero-order valence-corrected chi connectivity index (χ0v) is 18.1. The lowest BCUT2D eigenvalue weighted by atomic mass is 10.2. The van der Waals surface area contributed by atoms with Crippen molar-refractivity contribution < 1.29 is 33.1 Å². The van der Waals surface area contributed by atoms with Crippen LogP contribution in [0.1, 0.15) is 11.1 Å². The van der Waals surface area contributed by atoms with E-state index < -0.39 is 26.9 Å². The Morgan fingerprint density at radius 1 is 1.00 bits per heavy atom. The van der Waals surface area contributed by atoms with Crippen LogP contribution in [0.3, 0.4) is 0 Å². The largest absolute Gasteiger partial charge is 0.473 e. The van der Waals surface area contributed by atoms with Gasteiger partial charge in [0.15, 0.2) is 0 Å². The minimum absolute atomic E-state index is 0.0723. The molecule has 0 saturated carbocycles. The van der Waals surface area contributed by atoms with Gasteiger partial charge in [0.25, 0.3) is 5.69 Å². The van der Waals surface area contributed by atoms with Crippen molar-refractivity contribution in [1.82, 2.24) is 9.21 Å². The number of nitro benzene ring substituents is 1. The number of aliphatic carboxylic acids is 2. The van der Waals surface area contributed by atoms with Crippen molar-refractivity contribution in [3.05, 3.63) is 69.8 Å². The molecule has 2 N–H and O–H groups in total. The first-order valence-electron chi connectivity index (χ1n) is 9.49. The number of nitro groups is 1. The number of hydrogen-bond acceptors (Lipinski definition) is 7. The van der Waals surface area contributed by atoms with E-state index in [2.05, 4.69) is 4.90 Å². The summed E-state index contributed by atoms with van der Waals surface area (Å²) >= 11 is 0. The van der Waals surface area contributed by atoms with Gasteiger partial charge in [0.2, 0.25) is 10.0 Å². The third-order valence-electron chi connectivity index (χ3n) is 4.70. The summed E-state index contributed by atoms with van der Waals surface area (Å²) in [5.74, 6) is -3.65. The fourth-order valence-corrected chi connectivity index (χ4v) is 4.44. The van der Waals surface area contributed by atoms with Crippen LogP contribution in [0.2, 0.25) is 0 Å². The average Bonchev–Trinajstić information content (AvgIpc) is 2.75. The third kappa shape index (κ3) is 6.83. The van der Waals surface area contributed by atoms with E-state index in [1.807, 2.05) is 13.0 Å². The summed E-state index contributed by atoms with van der Waals surface area (Å²) in [4.78, 5) is 31.1. The van der Waals surface area contributed by atoms with Gasteiger partial charge in [0.1, 0.15) is 0 Å². The predicted molar refractivity (Wildman–Crippen MR) is 114 cm³/mol. The summed E-state index contributed by atoms with van der Waals surface area (Å²) in [5.41, 5.74) is 1.95. The Labute approximate surface area is 184 Å². The average molecular weight is 465 g/mol. The highest BCUT2D eigenvalue weighted by Crippen LogP contribution is 2.20. The van der Waals surface area contributed by atoms with E-state index in [0.29, 0.717) is 37.6 Å². The molecule has 0 aromatic heterocycles. The van der Waals surface area contributed by atoms with E-state index in [4.69, 9.17) is 19.8 Å². The van der Waals surface area contributed by atoms with Gasteiger partial charge in [-0.1, -0.05) is 29.8 Å². The van der Waals surface area contributed by atoms with E-state index in [1.165, 1.54) is 10.4 Å². The molecule has 0 atom stereocenters. The zero-order chi connectivity index (χ0) is 23.9. The number of benzene rings is 2. The lowest BCUT2D eigenvalue weighted by Gasteiger charge is -2.34. The Balaban J connectivity index is 0.000000534. The van der Waals surface area contributed by atoms with Crippen molar-refractivity contribution in [2.24, 2.45) is 0 Å². The lowest BCUT2D eigenvalue weighted by Crippen LogP contribution is -2.48. The Morgan fingerprint density at radius 2 is 1.56 bits per heavy atom. The highest BCUT2D eigenvalue weighted by molar-refractivity contribution is 7.89. The monoisotopic (exact) mass is 465 g/mol. The summed E-state index contributed by atoms with van der Waals surface area (Å²) in [7, 11) is -3.48. The van der Waals surface area contributed by atoms with Crippen molar-refractivity contribution in [3.63, 3.8) is 0 Å². The van der Waals surface area contributed by atoms with Crippen molar-refractivity contribution >= 4 is 27.6 Å². The molecule has 12 heteroatoms. The molecule has 0 unspecified atom stereocenters. The van der Waals surface area contributed by atoms with Crippen molar-refractivity contribution in [2.45, 2.75) is 18.4 Å². The van der Waals surface area contributed by atoms with Crippen LogP contribution in [0.4, 0.5) is 5.69 Å². The SMILES string of the molecule is Cc1ccc(S(=O)(=O)N2CCN(Cc3cccc([N+](=O)[O-])c3)CC2)cc1.O=C(O)C(=O)O. The number of carboxylic acid groups (broad SMARTS) is 2. The standard InChI is InChI=1S/C18H21N3O4S.C2H2O4/c1-15-5-7-18(8-6-15)26(24,25)20-11-9-19(10-12-20)14-16-3-2-4-17(13-16)21(22)23;3-1(4)2(5)6/h2-8,13H,9-12,14H2,1H3;(H,3,4)(H,5,6). The molecule has 2 aromatic rings. The fraction of sp³-hybridized carbons (Fsp3) is 0.300. The second-order valence-electron chi connectivity index (χ2n) is 7.03. The van der Waals surface area contributed by atoms with E-state index in [1.54, 1.807) is 36.4 Å². The molecule has 1 aliphatic heterocycles. The Bertz CT molecular complexity index is 1070. The van der Waals surface area contributed by atoms with Crippen LogP contribution in [-0.4, -0.2) is 70.9 Å². The summed E-state index contributed by atoms with van der Waals surface area (Å²) < 4.78 is 26.9. The number of hydrogen-bond donors (Lipinski definition) is 2. The number of rotatable bonds is 5. The molecule has 0 amide bonds. The van der Waals surface area contributed by atoms with Gasteiger partial charge in [-0.15, -0.1) is 0 Å². The number of carbonyl (C=O) groups is 2. The first-order valence-corrected chi connectivity index (χ1v) is 10.9. The first kappa shape index (κ1) is 24.9. The summed E-state index contributed by atoms with van der Waals surface area (Å²) in [6, 6.07) is 13.4. The maximum atomic E-state index is 12.7. The highest BCUT2D eigenvalue weighted by Gasteiger charge is 2.28. The predicted octanol–water partition coefficient (Wildman–Crippen LogP) is 1.57. The minimum Gasteiger partial charge on any atom is -0.473 e. The highest BCUT2D eigenvalue weighted by atomic mass is 32.2. The molecule has 0 bridgehead atoms. The minimum atomic E-state index is -3.48. The van der Waals surface area contributed by atoms with E-state index in [0.717, 1.165) is 11.1 Å². The molecular weight excluding hydrogens is 442 g/mol. The van der Waals surface area contributed by atoms with E-state index in [-0.39, 0.29) is 5.69 Å². The maximum Gasteiger partial charge on any atom is 0.414 e. The van der Waals surface area contributed by atoms with Gasteiger partial charge in [-0.05, 0) is 24.6 Å². The third-order valence-corrected chi connectivity index (χ3v) is 6.61. The first-order chi connectivity index (χ1) is 15.0. The van der Waals surface area contributed by atoms with Crippen LogP contribution in [0, 0.1) is 17.0 Å². The normalized spacial score (nSPS) is 14.8. The molecule has 1 saturated heterocycles. The van der Waals surface area contributed by atoms with Crippen LogP contribution in [-0.2, 0) is 26.2 Å². The van der Waals surface area contributed by atoms with Crippen molar-refractivity contribution in [1.29, 1.82) is 0 Å². The quantitative estimate of drug-likeness (QED) is 0.380. The molecule has 0 spiro atoms. The van der Waals surface area contributed by atoms with Gasteiger partial charge >= 0.3 is 11.9 Å². The fourth-order valence-electron chi connectivity index (χ4n) is 3.01. The zero-order valence-electron chi connectivity index (χ0n) is 17.2. The van der Waals surface area contributed by atoms with Gasteiger partial charge in [-0.2, -0.15) is 4.31 Å². The van der Waals surface area contributed by atoms with E-state index >= 15 is 0 Å². The van der Waals surface area contributed by atoms with Crippen molar-refractivity contribution in [3.8, 4) is 0 Å². The molecule has 172 valence electrons. The summed E-state index contributed by atoms with van der Waals surface area (Å²) in [6.07, 6.45) is 0. The Hall–Kier alpha value is -3.35. The Morgan fingerprint density at radius 3 is 2.06 bits per heavy atom. The summed E-state index contributed by atoms with van der Waals surface area (Å²) in [5, 5.41) is 25.7. The number of piperazine rings is 1. The van der Waals surface area contributed by atoms with Crippen molar-refractivity contribution in [2.75, 3.05) is 26.2 Å². The molecule has 2 aromatic carbocycles. The lowest BCUT2D eigenvalue weighted by molar-refractivity contribution is -0.384. The number of nitrogens with zero attached hydrogens (tertiary/aromatic N) is 3. The molecule has 1 aliphatic rings. The maximum absolute atomic E-state index is 12.7. The number of carboxylic acids is 2. The molecule has 1 heterocycles. The van der Waals surface area contributed by atoms with Crippen LogP contribution in [0.25, 0.3) is 0 Å². The van der Waals surface area contributed by atoms with Crippen LogP contribution < -0.4 is 0 Å². The molecule has 0 radical (unpaired) electrons. The summed E-state index contributed by atoms with van der Waals surface area (Å²) in [6.45, 7) is 4.49. The van der Waals surface area contributed by atoms with Crippen LogP contribution in [0.15, 0.2) is 53.4 Å². The van der Waals surface area contributed by atoms with Gasteiger partial charge in [0, 0.05) is 44.9 Å². The second-order valence-corrected chi connectivity index (χ2v) is 8.97. The molecule has 3 rings (SSSR count). The van der Waals surface area contributed by atoms with Gasteiger partial charge in [0.05, 0.1) is 9.82 Å². The van der Waals surface area contributed by atoms with Crippen LogP contribution >= 0.6 is 0 Å².